The molecule has 4 heterocycles. The smallest absolute Gasteiger partial charge is 0.377 e. The Bertz CT molecular complexity index is 1470. The lowest BCUT2D eigenvalue weighted by Crippen LogP contribution is -2.22. The standard InChI is InChI=1S/C23H21N9O4/c1-12-7-8-16(25-10-12)27-17-9-14(19(30-29-17)22(33)24-2)26-13-5-4-6-15-20(13)36-11-18-28-21(23(34)35-3)31-32(15)18/h4-10H,11H2,1-3H3,(H,24,33)(H2,25,26,27,29). The van der Waals surface area contributed by atoms with Gasteiger partial charge in [-0.2, -0.15) is 0 Å². The minimum absolute atomic E-state index is 0.0667. The molecule has 0 saturated carbocycles. The van der Waals surface area contributed by atoms with E-state index >= 15 is 0 Å². The molecular weight excluding hydrogens is 466 g/mol. The number of esters is 1. The van der Waals surface area contributed by atoms with Gasteiger partial charge in [0.1, 0.15) is 18.1 Å². The van der Waals surface area contributed by atoms with Gasteiger partial charge in [0.15, 0.2) is 23.1 Å². The highest BCUT2D eigenvalue weighted by atomic mass is 16.5. The Hall–Kier alpha value is -5.07. The quantitative estimate of drug-likeness (QED) is 0.343. The molecule has 13 heteroatoms. The van der Waals surface area contributed by atoms with E-state index in [9.17, 15) is 9.59 Å². The number of aromatic nitrogens is 6. The van der Waals surface area contributed by atoms with Gasteiger partial charge in [-0.3, -0.25) is 4.79 Å². The molecule has 0 radical (unpaired) electrons. The fourth-order valence-electron chi connectivity index (χ4n) is 3.54. The number of amides is 1. The van der Waals surface area contributed by atoms with Crippen molar-refractivity contribution in [3.63, 3.8) is 0 Å². The van der Waals surface area contributed by atoms with Crippen molar-refractivity contribution in [1.82, 2.24) is 35.3 Å². The second-order valence-corrected chi connectivity index (χ2v) is 7.74. The topological polar surface area (TPSA) is 158 Å². The number of carbonyl (C=O) groups is 2. The SMILES string of the molecule is CNC(=O)c1nnc(Nc2ccc(C)cn2)cc1Nc1cccc2c1OCc1nc(C(=O)OC)nn1-2. The van der Waals surface area contributed by atoms with E-state index in [0.717, 1.165) is 5.56 Å². The van der Waals surface area contributed by atoms with Crippen molar-refractivity contribution >= 4 is 34.9 Å². The molecule has 1 aliphatic rings. The molecule has 0 spiro atoms. The number of rotatable bonds is 6. The zero-order valence-corrected chi connectivity index (χ0v) is 19.6. The number of aryl methyl sites for hydroxylation is 1. The number of carbonyl (C=O) groups excluding carboxylic acids is 2. The van der Waals surface area contributed by atoms with Crippen molar-refractivity contribution in [1.29, 1.82) is 0 Å². The number of hydrogen-bond donors (Lipinski definition) is 3. The number of nitrogens with one attached hydrogen (secondary N) is 3. The van der Waals surface area contributed by atoms with Crippen LogP contribution < -0.4 is 20.7 Å². The van der Waals surface area contributed by atoms with Gasteiger partial charge < -0.3 is 25.4 Å². The number of ether oxygens (including phenoxy) is 2. The highest BCUT2D eigenvalue weighted by Crippen LogP contribution is 2.38. The first kappa shape index (κ1) is 22.7. The van der Waals surface area contributed by atoms with Crippen molar-refractivity contribution in [3.8, 4) is 11.4 Å². The zero-order valence-electron chi connectivity index (χ0n) is 19.6. The van der Waals surface area contributed by atoms with E-state index in [0.29, 0.717) is 40.3 Å². The van der Waals surface area contributed by atoms with Gasteiger partial charge in [0.2, 0.25) is 0 Å². The molecule has 1 aliphatic heterocycles. The van der Waals surface area contributed by atoms with Crippen LogP contribution >= 0.6 is 0 Å². The molecule has 3 aromatic heterocycles. The van der Waals surface area contributed by atoms with Crippen LogP contribution in [0.25, 0.3) is 5.69 Å². The number of pyridine rings is 1. The molecule has 1 aromatic carbocycles. The van der Waals surface area contributed by atoms with Crippen molar-refractivity contribution < 1.29 is 19.1 Å². The molecule has 1 amide bonds. The Labute approximate surface area is 204 Å². The van der Waals surface area contributed by atoms with Crippen LogP contribution in [0.1, 0.15) is 32.5 Å². The highest BCUT2D eigenvalue weighted by molar-refractivity contribution is 5.98. The zero-order chi connectivity index (χ0) is 25.2. The third-order valence-corrected chi connectivity index (χ3v) is 5.28. The molecule has 36 heavy (non-hydrogen) atoms. The summed E-state index contributed by atoms with van der Waals surface area (Å²) in [5.74, 6) is 0.742. The maximum Gasteiger partial charge on any atom is 0.377 e. The van der Waals surface area contributed by atoms with Gasteiger partial charge in [-0.05, 0) is 30.7 Å². The Kier molecular flexibility index (Phi) is 5.86. The number of nitrogens with zero attached hydrogens (tertiary/aromatic N) is 6. The second kappa shape index (κ2) is 9.29. The number of fused-ring (bicyclic) bond motifs is 3. The number of para-hydroxylation sites is 1. The fraction of sp³-hybridized carbons (Fsp3) is 0.174. The Morgan fingerprint density at radius 3 is 2.69 bits per heavy atom. The van der Waals surface area contributed by atoms with E-state index in [1.807, 2.05) is 19.1 Å². The lowest BCUT2D eigenvalue weighted by molar-refractivity contribution is 0.0586. The van der Waals surface area contributed by atoms with Crippen LogP contribution in [0.4, 0.5) is 23.0 Å². The number of methoxy groups -OCH3 is 1. The molecule has 4 aromatic rings. The first-order valence-corrected chi connectivity index (χ1v) is 10.8. The summed E-state index contributed by atoms with van der Waals surface area (Å²) in [5.41, 5.74) is 2.60. The molecule has 3 N–H and O–H groups in total. The first-order chi connectivity index (χ1) is 17.5. The van der Waals surface area contributed by atoms with E-state index in [1.54, 1.807) is 30.5 Å². The predicted octanol–water partition coefficient (Wildman–Crippen LogP) is 2.29. The van der Waals surface area contributed by atoms with Crippen LogP contribution in [-0.2, 0) is 11.3 Å². The monoisotopic (exact) mass is 487 g/mol. The molecule has 0 unspecified atom stereocenters. The van der Waals surface area contributed by atoms with E-state index < -0.39 is 11.9 Å². The lowest BCUT2D eigenvalue weighted by Gasteiger charge is -2.21. The summed E-state index contributed by atoms with van der Waals surface area (Å²) in [7, 11) is 2.77. The Balaban J connectivity index is 1.51. The molecule has 0 atom stereocenters. The summed E-state index contributed by atoms with van der Waals surface area (Å²) in [6.45, 7) is 2.02. The van der Waals surface area contributed by atoms with Gasteiger partial charge in [0.05, 0.1) is 18.5 Å². The third-order valence-electron chi connectivity index (χ3n) is 5.28. The van der Waals surface area contributed by atoms with Gasteiger partial charge in [0.25, 0.3) is 11.7 Å². The summed E-state index contributed by atoms with van der Waals surface area (Å²) in [5, 5.41) is 21.3. The van der Waals surface area contributed by atoms with E-state index in [-0.39, 0.29) is 18.1 Å². The highest BCUT2D eigenvalue weighted by Gasteiger charge is 2.26. The van der Waals surface area contributed by atoms with Gasteiger partial charge in [0, 0.05) is 19.3 Å². The van der Waals surface area contributed by atoms with Crippen LogP contribution in [0.2, 0.25) is 0 Å². The molecule has 182 valence electrons. The van der Waals surface area contributed by atoms with E-state index in [2.05, 4.69) is 41.2 Å². The largest absolute Gasteiger partial charge is 0.481 e. The second-order valence-electron chi connectivity index (χ2n) is 7.74. The molecule has 0 saturated heterocycles. The van der Waals surface area contributed by atoms with Gasteiger partial charge in [-0.1, -0.05) is 12.1 Å². The molecule has 0 fully saturated rings. The summed E-state index contributed by atoms with van der Waals surface area (Å²) in [4.78, 5) is 32.9. The van der Waals surface area contributed by atoms with Crippen molar-refractivity contribution in [2.75, 3.05) is 24.8 Å². The average molecular weight is 487 g/mol. The fourth-order valence-corrected chi connectivity index (χ4v) is 3.54. The van der Waals surface area contributed by atoms with Gasteiger partial charge >= 0.3 is 5.97 Å². The minimum atomic E-state index is -0.645. The normalized spacial score (nSPS) is 11.5. The molecule has 13 nitrogen and oxygen atoms in total. The molecular formula is C23H21N9O4. The van der Waals surface area contributed by atoms with Crippen molar-refractivity contribution in [2.45, 2.75) is 13.5 Å². The van der Waals surface area contributed by atoms with Gasteiger partial charge in [-0.15, -0.1) is 15.3 Å². The Morgan fingerprint density at radius 2 is 1.94 bits per heavy atom. The maximum absolute atomic E-state index is 12.5. The number of hydrogen-bond acceptors (Lipinski definition) is 11. The van der Waals surface area contributed by atoms with Crippen LogP contribution in [0.5, 0.6) is 5.75 Å². The predicted molar refractivity (Wildman–Crippen MR) is 128 cm³/mol. The first-order valence-electron chi connectivity index (χ1n) is 10.8. The van der Waals surface area contributed by atoms with E-state index in [1.165, 1.54) is 18.8 Å². The van der Waals surface area contributed by atoms with Crippen LogP contribution in [0, 0.1) is 6.92 Å². The summed E-state index contributed by atoms with van der Waals surface area (Å²) in [6, 6.07) is 10.7. The number of anilines is 4. The summed E-state index contributed by atoms with van der Waals surface area (Å²) < 4.78 is 12.2. The van der Waals surface area contributed by atoms with Crippen LogP contribution in [0.15, 0.2) is 42.6 Å². The molecule has 0 bridgehead atoms. The Morgan fingerprint density at radius 1 is 1.08 bits per heavy atom. The molecule has 0 aliphatic carbocycles. The minimum Gasteiger partial charge on any atom is -0.481 e. The van der Waals surface area contributed by atoms with Crippen molar-refractivity contribution in [3.05, 3.63) is 65.5 Å². The number of benzene rings is 1. The summed E-state index contributed by atoms with van der Waals surface area (Å²) >= 11 is 0. The van der Waals surface area contributed by atoms with Gasteiger partial charge in [-0.25, -0.2) is 19.4 Å². The summed E-state index contributed by atoms with van der Waals surface area (Å²) in [6.07, 6.45) is 1.73. The average Bonchev–Trinajstić information content (AvgIpc) is 3.34. The van der Waals surface area contributed by atoms with Crippen LogP contribution in [0.3, 0.4) is 0 Å². The van der Waals surface area contributed by atoms with Crippen molar-refractivity contribution in [2.24, 2.45) is 0 Å². The molecule has 5 rings (SSSR count). The third kappa shape index (κ3) is 4.24. The maximum atomic E-state index is 12.5. The van der Waals surface area contributed by atoms with Crippen LogP contribution in [-0.4, -0.2) is 56.0 Å². The van der Waals surface area contributed by atoms with E-state index in [4.69, 9.17) is 9.47 Å². The lowest BCUT2D eigenvalue weighted by atomic mass is 10.2.